The van der Waals surface area contributed by atoms with E-state index < -0.39 is 32.6 Å². The number of hydrogen-bond donors (Lipinski definition) is 2. The van der Waals surface area contributed by atoms with E-state index in [-0.39, 0.29) is 35.1 Å². The molecule has 2 aromatic carbocycles. The Hall–Kier alpha value is -3.15. The zero-order chi connectivity index (χ0) is 23.7. The molecule has 0 amide bonds. The summed E-state index contributed by atoms with van der Waals surface area (Å²) < 4.78 is 56.6. The first-order valence-corrected chi connectivity index (χ1v) is 10.9. The molecule has 1 heterocycles. The number of aliphatic hydroxyl groups excluding tert-OH is 1. The summed E-state index contributed by atoms with van der Waals surface area (Å²) in [4.78, 5) is 13.1. The Morgan fingerprint density at radius 3 is 2.34 bits per heavy atom. The SMILES string of the molecule is CC(C)(CO)COc1c(-c2ccc(S(N)(=O)=O)cc2)cnn(-c2ccc(F)c(F)c2)c1=O. The first-order chi connectivity index (χ1) is 14.9. The number of primary sulfonamides is 1. The molecular formula is C21H21F2N3O5S. The zero-order valence-corrected chi connectivity index (χ0v) is 18.1. The maximum absolute atomic E-state index is 13.7. The van der Waals surface area contributed by atoms with Gasteiger partial charge in [0.2, 0.25) is 10.0 Å². The van der Waals surface area contributed by atoms with Gasteiger partial charge < -0.3 is 9.84 Å². The fourth-order valence-corrected chi connectivity index (χ4v) is 3.24. The summed E-state index contributed by atoms with van der Waals surface area (Å²) >= 11 is 0. The van der Waals surface area contributed by atoms with Gasteiger partial charge in [-0.1, -0.05) is 26.0 Å². The van der Waals surface area contributed by atoms with Gasteiger partial charge in [-0.05, 0) is 29.8 Å². The first kappa shape index (κ1) is 23.5. The molecule has 0 aliphatic rings. The highest BCUT2D eigenvalue weighted by Gasteiger charge is 2.22. The average molecular weight is 465 g/mol. The smallest absolute Gasteiger partial charge is 0.314 e. The molecule has 0 saturated heterocycles. The van der Waals surface area contributed by atoms with Crippen molar-refractivity contribution in [3.63, 3.8) is 0 Å². The molecule has 3 rings (SSSR count). The third kappa shape index (κ3) is 5.01. The topological polar surface area (TPSA) is 125 Å². The lowest BCUT2D eigenvalue weighted by molar-refractivity contribution is 0.0968. The van der Waals surface area contributed by atoms with Gasteiger partial charge >= 0.3 is 5.56 Å². The van der Waals surface area contributed by atoms with Crippen molar-refractivity contribution < 1.29 is 27.0 Å². The van der Waals surface area contributed by atoms with Gasteiger partial charge in [-0.3, -0.25) is 4.79 Å². The van der Waals surface area contributed by atoms with Gasteiger partial charge in [-0.2, -0.15) is 9.78 Å². The van der Waals surface area contributed by atoms with E-state index in [1.807, 2.05) is 0 Å². The fourth-order valence-electron chi connectivity index (χ4n) is 2.72. The molecule has 8 nitrogen and oxygen atoms in total. The number of ether oxygens (including phenoxy) is 1. The van der Waals surface area contributed by atoms with Gasteiger partial charge in [-0.25, -0.2) is 22.3 Å². The van der Waals surface area contributed by atoms with Crippen LogP contribution in [0.25, 0.3) is 16.8 Å². The highest BCUT2D eigenvalue weighted by Crippen LogP contribution is 2.29. The average Bonchev–Trinajstić information content (AvgIpc) is 2.74. The predicted molar refractivity (Wildman–Crippen MR) is 113 cm³/mol. The minimum Gasteiger partial charge on any atom is -0.487 e. The van der Waals surface area contributed by atoms with Crippen molar-refractivity contribution in [1.29, 1.82) is 0 Å². The summed E-state index contributed by atoms with van der Waals surface area (Å²) in [6, 6.07) is 8.29. The molecule has 0 atom stereocenters. The summed E-state index contributed by atoms with van der Waals surface area (Å²) in [6.07, 6.45) is 1.29. The number of benzene rings is 2. The van der Waals surface area contributed by atoms with E-state index in [2.05, 4.69) is 5.10 Å². The summed E-state index contributed by atoms with van der Waals surface area (Å²) in [7, 11) is -3.91. The molecule has 0 aliphatic heterocycles. The van der Waals surface area contributed by atoms with Crippen LogP contribution in [-0.4, -0.2) is 36.5 Å². The van der Waals surface area contributed by atoms with Gasteiger partial charge in [-0.15, -0.1) is 0 Å². The van der Waals surface area contributed by atoms with E-state index >= 15 is 0 Å². The second-order valence-corrected chi connectivity index (χ2v) is 9.44. The third-order valence-corrected chi connectivity index (χ3v) is 5.54. The van der Waals surface area contributed by atoms with Gasteiger partial charge in [0.15, 0.2) is 17.4 Å². The minimum absolute atomic E-state index is 0.0173. The van der Waals surface area contributed by atoms with Crippen molar-refractivity contribution in [2.75, 3.05) is 13.2 Å². The molecule has 1 aromatic heterocycles. The minimum atomic E-state index is -3.91. The maximum Gasteiger partial charge on any atom is 0.314 e. The van der Waals surface area contributed by atoms with E-state index in [0.29, 0.717) is 5.56 Å². The number of aromatic nitrogens is 2. The third-order valence-electron chi connectivity index (χ3n) is 4.61. The number of nitrogens with zero attached hydrogens (tertiary/aromatic N) is 2. The Bertz CT molecular complexity index is 1310. The molecule has 3 aromatic rings. The van der Waals surface area contributed by atoms with Gasteiger partial charge in [0.25, 0.3) is 0 Å². The number of rotatable bonds is 7. The van der Waals surface area contributed by atoms with Gasteiger partial charge in [0.1, 0.15) is 0 Å². The van der Waals surface area contributed by atoms with Crippen molar-refractivity contribution in [1.82, 2.24) is 9.78 Å². The van der Waals surface area contributed by atoms with Crippen molar-refractivity contribution in [2.24, 2.45) is 10.6 Å². The largest absolute Gasteiger partial charge is 0.487 e. The molecule has 11 heteroatoms. The normalized spacial score (nSPS) is 12.1. The maximum atomic E-state index is 13.7. The second kappa shape index (κ2) is 8.77. The number of sulfonamides is 1. The fraction of sp³-hybridized carbons (Fsp3) is 0.238. The lowest BCUT2D eigenvalue weighted by Gasteiger charge is -2.22. The van der Waals surface area contributed by atoms with Crippen molar-refractivity contribution in [2.45, 2.75) is 18.7 Å². The van der Waals surface area contributed by atoms with Crippen LogP contribution in [0.3, 0.4) is 0 Å². The standard InChI is InChI=1S/C21H21F2N3O5S/c1-21(2,11-27)12-31-19-16(13-3-6-15(7-4-13)32(24,29)30)10-25-26(20(19)28)14-5-8-17(22)18(23)9-14/h3-10,27H,11-12H2,1-2H3,(H2,24,29,30). The molecule has 32 heavy (non-hydrogen) atoms. The van der Waals surface area contributed by atoms with Crippen LogP contribution in [0.2, 0.25) is 0 Å². The molecule has 0 radical (unpaired) electrons. The molecule has 0 aliphatic carbocycles. The van der Waals surface area contributed by atoms with Crippen LogP contribution in [0.4, 0.5) is 8.78 Å². The lowest BCUT2D eigenvalue weighted by Crippen LogP contribution is -2.29. The molecule has 0 spiro atoms. The Labute approximate surface area is 182 Å². The van der Waals surface area contributed by atoms with Gasteiger partial charge in [0, 0.05) is 17.0 Å². The van der Waals surface area contributed by atoms with Crippen molar-refractivity contribution in [3.8, 4) is 22.6 Å². The van der Waals surface area contributed by atoms with Crippen LogP contribution in [0.5, 0.6) is 5.75 Å². The summed E-state index contributed by atoms with van der Waals surface area (Å²) in [6.45, 7) is 3.20. The van der Waals surface area contributed by atoms with E-state index in [0.717, 1.165) is 16.8 Å². The van der Waals surface area contributed by atoms with Crippen molar-refractivity contribution in [3.05, 3.63) is 70.6 Å². The highest BCUT2D eigenvalue weighted by molar-refractivity contribution is 7.89. The van der Waals surface area contributed by atoms with Crippen LogP contribution in [0, 0.1) is 17.0 Å². The van der Waals surface area contributed by atoms with E-state index in [1.165, 1.54) is 36.5 Å². The Morgan fingerprint density at radius 2 is 1.78 bits per heavy atom. The Balaban J connectivity index is 2.15. The van der Waals surface area contributed by atoms with Crippen LogP contribution in [0.1, 0.15) is 13.8 Å². The molecular weight excluding hydrogens is 444 g/mol. The Kier molecular flexibility index (Phi) is 6.44. The summed E-state index contributed by atoms with van der Waals surface area (Å²) in [5.74, 6) is -2.38. The molecule has 0 bridgehead atoms. The zero-order valence-electron chi connectivity index (χ0n) is 17.2. The molecule has 0 saturated carbocycles. The highest BCUT2D eigenvalue weighted by atomic mass is 32.2. The second-order valence-electron chi connectivity index (χ2n) is 7.88. The van der Waals surface area contributed by atoms with E-state index in [9.17, 15) is 27.1 Å². The lowest BCUT2D eigenvalue weighted by atomic mass is 9.96. The quantitative estimate of drug-likeness (QED) is 0.551. The monoisotopic (exact) mass is 465 g/mol. The molecule has 3 N–H and O–H groups in total. The number of aliphatic hydroxyl groups is 1. The molecule has 170 valence electrons. The van der Waals surface area contributed by atoms with Crippen molar-refractivity contribution >= 4 is 10.0 Å². The van der Waals surface area contributed by atoms with E-state index in [4.69, 9.17) is 9.88 Å². The summed E-state index contributed by atoms with van der Waals surface area (Å²) in [5, 5.41) is 18.7. The number of halogens is 2. The van der Waals surface area contributed by atoms with E-state index in [1.54, 1.807) is 13.8 Å². The van der Waals surface area contributed by atoms with Crippen LogP contribution < -0.4 is 15.4 Å². The predicted octanol–water partition coefficient (Wildman–Crippen LogP) is 2.22. The first-order valence-electron chi connectivity index (χ1n) is 9.37. The molecule has 0 fully saturated rings. The number of nitrogens with two attached hydrogens (primary N) is 1. The van der Waals surface area contributed by atoms with Crippen LogP contribution in [-0.2, 0) is 10.0 Å². The van der Waals surface area contributed by atoms with Gasteiger partial charge in [0.05, 0.1) is 30.0 Å². The molecule has 0 unspecified atom stereocenters. The Morgan fingerprint density at radius 1 is 1.12 bits per heavy atom. The number of hydrogen-bond acceptors (Lipinski definition) is 6. The van der Waals surface area contributed by atoms with Crippen LogP contribution in [0.15, 0.2) is 58.4 Å². The summed E-state index contributed by atoms with van der Waals surface area (Å²) in [5.41, 5.74) is -0.800. The van der Waals surface area contributed by atoms with Crippen LogP contribution >= 0.6 is 0 Å².